The molecule has 0 saturated heterocycles. The zero-order chi connectivity index (χ0) is 32.7. The van der Waals surface area contributed by atoms with E-state index in [-0.39, 0.29) is 5.41 Å². The number of hydrogen-bond donors (Lipinski definition) is 0. The first-order chi connectivity index (χ1) is 24.0. The molecule has 2 nitrogen and oxygen atoms in total. The van der Waals surface area contributed by atoms with Crippen molar-refractivity contribution in [1.82, 2.24) is 0 Å². The lowest BCUT2D eigenvalue weighted by Gasteiger charge is -2.29. The molecular formula is C47H33NO. The van der Waals surface area contributed by atoms with Gasteiger partial charge in [-0.3, -0.25) is 0 Å². The molecule has 0 aliphatic heterocycles. The van der Waals surface area contributed by atoms with Gasteiger partial charge in [0.25, 0.3) is 0 Å². The van der Waals surface area contributed by atoms with Crippen LogP contribution in [-0.4, -0.2) is 0 Å². The Kier molecular flexibility index (Phi) is 5.95. The van der Waals surface area contributed by atoms with Crippen molar-refractivity contribution >= 4 is 60.5 Å². The third kappa shape index (κ3) is 4.20. The molecule has 10 rings (SSSR count). The van der Waals surface area contributed by atoms with Crippen molar-refractivity contribution in [2.45, 2.75) is 19.3 Å². The minimum atomic E-state index is -0.0644. The highest BCUT2D eigenvalue weighted by Crippen LogP contribution is 2.51. The third-order valence-electron chi connectivity index (χ3n) is 10.6. The van der Waals surface area contributed by atoms with Gasteiger partial charge in [0, 0.05) is 32.9 Å². The van der Waals surface area contributed by atoms with Crippen LogP contribution in [0.2, 0.25) is 0 Å². The van der Waals surface area contributed by atoms with Crippen LogP contribution >= 0.6 is 0 Å². The summed E-state index contributed by atoms with van der Waals surface area (Å²) in [6.45, 7) is 4.68. The Morgan fingerprint density at radius 2 is 1.14 bits per heavy atom. The summed E-state index contributed by atoms with van der Waals surface area (Å²) in [5.41, 5.74) is 12.8. The summed E-state index contributed by atoms with van der Waals surface area (Å²) in [5.74, 6) is 0. The van der Waals surface area contributed by atoms with E-state index in [0.29, 0.717) is 0 Å². The summed E-state index contributed by atoms with van der Waals surface area (Å²) < 4.78 is 6.50. The molecule has 0 spiro atoms. The van der Waals surface area contributed by atoms with Crippen molar-refractivity contribution < 1.29 is 4.42 Å². The van der Waals surface area contributed by atoms with Crippen molar-refractivity contribution in [2.75, 3.05) is 4.90 Å². The molecule has 0 saturated carbocycles. The van der Waals surface area contributed by atoms with Gasteiger partial charge in [-0.15, -0.1) is 0 Å². The first-order valence-electron chi connectivity index (χ1n) is 17.0. The third-order valence-corrected chi connectivity index (χ3v) is 10.6. The van der Waals surface area contributed by atoms with Gasteiger partial charge in [-0.25, -0.2) is 0 Å². The second-order valence-corrected chi connectivity index (χ2v) is 13.8. The van der Waals surface area contributed by atoms with Crippen molar-refractivity contribution in [3.05, 3.63) is 175 Å². The Balaban J connectivity index is 1.29. The topological polar surface area (TPSA) is 16.4 Å². The average Bonchev–Trinajstić information content (AvgIpc) is 3.62. The molecule has 1 aromatic heterocycles. The second-order valence-electron chi connectivity index (χ2n) is 13.8. The SMILES string of the molecule is CC1(C)c2ccccc2-c2cc(N(c3cccc(-c4ccccc4)c3)c3cc4ccccc4c4cc5c(cc34)oc3ccccc35)ccc21. The Bertz CT molecular complexity index is 2750. The van der Waals surface area contributed by atoms with Crippen LogP contribution in [0.15, 0.2) is 168 Å². The van der Waals surface area contributed by atoms with E-state index < -0.39 is 0 Å². The number of anilines is 3. The van der Waals surface area contributed by atoms with Crippen LogP contribution in [0.25, 0.3) is 65.7 Å². The highest BCUT2D eigenvalue weighted by molar-refractivity contribution is 6.20. The van der Waals surface area contributed by atoms with Crippen molar-refractivity contribution in [3.8, 4) is 22.3 Å². The van der Waals surface area contributed by atoms with Crippen LogP contribution in [-0.2, 0) is 5.41 Å². The highest BCUT2D eigenvalue weighted by atomic mass is 16.3. The first kappa shape index (κ1) is 27.9. The zero-order valence-corrected chi connectivity index (χ0v) is 27.4. The fourth-order valence-electron chi connectivity index (χ4n) is 8.21. The molecule has 0 unspecified atom stereocenters. The number of nitrogens with zero attached hydrogens (tertiary/aromatic N) is 1. The van der Waals surface area contributed by atoms with Gasteiger partial charge in [-0.2, -0.15) is 0 Å². The Hall–Kier alpha value is -6.12. The zero-order valence-electron chi connectivity index (χ0n) is 27.4. The molecule has 0 amide bonds. The van der Waals surface area contributed by atoms with E-state index in [1.165, 1.54) is 49.5 Å². The summed E-state index contributed by atoms with van der Waals surface area (Å²) in [7, 11) is 0. The lowest BCUT2D eigenvalue weighted by molar-refractivity contribution is 0.660. The van der Waals surface area contributed by atoms with Crippen molar-refractivity contribution in [3.63, 3.8) is 0 Å². The highest BCUT2D eigenvalue weighted by Gasteiger charge is 2.35. The van der Waals surface area contributed by atoms with E-state index in [0.717, 1.165) is 44.4 Å². The number of rotatable bonds is 4. The number of furan rings is 1. The predicted molar refractivity (Wildman–Crippen MR) is 206 cm³/mol. The van der Waals surface area contributed by atoms with E-state index in [4.69, 9.17) is 4.42 Å². The largest absolute Gasteiger partial charge is 0.456 e. The van der Waals surface area contributed by atoms with Gasteiger partial charge in [-0.05, 0) is 98.1 Å². The maximum Gasteiger partial charge on any atom is 0.136 e. The molecule has 0 bridgehead atoms. The standard InChI is InChI=1S/C47H33NO/c1-47(2)42-21-10-8-19-36(42)39-27-34(23-24-43(39)47)48(33-17-12-16-31(25-33)30-13-4-3-5-14-30)44-26-32-15-6-7-18-35(32)38-28-41-37-20-9-11-22-45(37)49-46(41)29-40(38)44/h3-29H,1-2H3. The molecule has 0 radical (unpaired) electrons. The lowest BCUT2D eigenvalue weighted by Crippen LogP contribution is -2.15. The molecule has 9 aromatic rings. The summed E-state index contributed by atoms with van der Waals surface area (Å²) in [6, 6.07) is 59.6. The van der Waals surface area contributed by atoms with Crippen LogP contribution in [0.4, 0.5) is 17.1 Å². The molecular weight excluding hydrogens is 595 g/mol. The summed E-state index contributed by atoms with van der Waals surface area (Å²) in [4.78, 5) is 2.45. The van der Waals surface area contributed by atoms with Gasteiger partial charge in [0.05, 0.1) is 5.69 Å². The lowest BCUT2D eigenvalue weighted by atomic mass is 9.82. The Labute approximate surface area is 285 Å². The molecule has 1 heterocycles. The first-order valence-corrected chi connectivity index (χ1v) is 17.0. The van der Waals surface area contributed by atoms with Gasteiger partial charge in [0.2, 0.25) is 0 Å². The van der Waals surface area contributed by atoms with E-state index in [1.807, 2.05) is 6.07 Å². The summed E-state index contributed by atoms with van der Waals surface area (Å²) in [6.07, 6.45) is 0. The van der Waals surface area contributed by atoms with Gasteiger partial charge in [-0.1, -0.05) is 129 Å². The van der Waals surface area contributed by atoms with E-state index in [1.54, 1.807) is 0 Å². The summed E-state index contributed by atoms with van der Waals surface area (Å²) >= 11 is 0. The normalized spacial score (nSPS) is 13.3. The number of benzene rings is 8. The number of hydrogen-bond acceptors (Lipinski definition) is 2. The van der Waals surface area contributed by atoms with Gasteiger partial charge in [0.1, 0.15) is 11.2 Å². The molecule has 1 aliphatic rings. The van der Waals surface area contributed by atoms with Crippen molar-refractivity contribution in [2.24, 2.45) is 0 Å². The average molecular weight is 628 g/mol. The fourth-order valence-corrected chi connectivity index (χ4v) is 8.21. The van der Waals surface area contributed by atoms with Gasteiger partial charge >= 0.3 is 0 Å². The monoisotopic (exact) mass is 627 g/mol. The van der Waals surface area contributed by atoms with E-state index in [2.05, 4.69) is 176 Å². The molecule has 0 N–H and O–H groups in total. The smallest absolute Gasteiger partial charge is 0.136 e. The van der Waals surface area contributed by atoms with Crippen LogP contribution in [0, 0.1) is 0 Å². The van der Waals surface area contributed by atoms with Crippen molar-refractivity contribution in [1.29, 1.82) is 0 Å². The van der Waals surface area contributed by atoms with Crippen LogP contribution in [0.1, 0.15) is 25.0 Å². The summed E-state index contributed by atoms with van der Waals surface area (Å²) in [5, 5.41) is 7.08. The minimum absolute atomic E-state index is 0.0644. The Morgan fingerprint density at radius 1 is 0.429 bits per heavy atom. The number of para-hydroxylation sites is 1. The van der Waals surface area contributed by atoms with Gasteiger partial charge < -0.3 is 9.32 Å². The Morgan fingerprint density at radius 3 is 2.04 bits per heavy atom. The molecule has 2 heteroatoms. The molecule has 0 atom stereocenters. The molecule has 8 aromatic carbocycles. The maximum absolute atomic E-state index is 6.50. The molecule has 232 valence electrons. The van der Waals surface area contributed by atoms with E-state index in [9.17, 15) is 0 Å². The quantitative estimate of drug-likeness (QED) is 0.181. The number of fused-ring (bicyclic) bond motifs is 9. The van der Waals surface area contributed by atoms with Crippen LogP contribution in [0.5, 0.6) is 0 Å². The van der Waals surface area contributed by atoms with E-state index >= 15 is 0 Å². The van der Waals surface area contributed by atoms with Crippen LogP contribution in [0.3, 0.4) is 0 Å². The maximum atomic E-state index is 6.50. The van der Waals surface area contributed by atoms with Crippen LogP contribution < -0.4 is 4.90 Å². The second kappa shape index (κ2) is 10.4. The fraction of sp³-hybridized carbons (Fsp3) is 0.0638. The predicted octanol–water partition coefficient (Wildman–Crippen LogP) is 13.3. The molecule has 1 aliphatic carbocycles. The molecule has 49 heavy (non-hydrogen) atoms. The molecule has 0 fully saturated rings. The van der Waals surface area contributed by atoms with Gasteiger partial charge in [0.15, 0.2) is 0 Å². The minimum Gasteiger partial charge on any atom is -0.456 e.